The van der Waals surface area contributed by atoms with Gasteiger partial charge in [-0.15, -0.1) is 0 Å². The number of anilines is 1. The monoisotopic (exact) mass is 609 g/mol. The maximum absolute atomic E-state index is 14.3. The highest BCUT2D eigenvalue weighted by Gasteiger charge is 2.34. The van der Waals surface area contributed by atoms with E-state index in [1.807, 2.05) is 62.4 Å². The molecule has 0 radical (unpaired) electrons. The number of nitrogens with zero attached hydrogens (tertiary/aromatic N) is 2. The predicted octanol–water partition coefficient (Wildman–Crippen LogP) is 5.93. The number of amides is 2. The first kappa shape index (κ1) is 31.6. The molecule has 3 aromatic carbocycles. The number of carbonyl (C=O) groups is 2. The van der Waals surface area contributed by atoms with Gasteiger partial charge in [0.15, 0.2) is 0 Å². The summed E-state index contributed by atoms with van der Waals surface area (Å²) in [6, 6.07) is 23.1. The fraction of sp³-hybridized carbons (Fsp3) is 0.394. The quantitative estimate of drug-likeness (QED) is 0.276. The van der Waals surface area contributed by atoms with Crippen LogP contribution in [-0.4, -0.2) is 50.0 Å². The number of halogens is 1. The number of sulfonamides is 1. The second-order valence-corrected chi connectivity index (χ2v) is 13.7. The maximum atomic E-state index is 14.3. The number of hydrogen-bond acceptors (Lipinski definition) is 4. The molecule has 1 N–H and O–H groups in total. The highest BCUT2D eigenvalue weighted by atomic mass is 35.5. The van der Waals surface area contributed by atoms with Crippen molar-refractivity contribution in [2.75, 3.05) is 17.1 Å². The Hall–Kier alpha value is -3.36. The molecular formula is C33H40ClN3O4S. The molecule has 1 aliphatic rings. The fourth-order valence-corrected chi connectivity index (χ4v) is 6.63. The summed E-state index contributed by atoms with van der Waals surface area (Å²) in [7, 11) is -3.84. The minimum atomic E-state index is -3.84. The van der Waals surface area contributed by atoms with Gasteiger partial charge in [-0.2, -0.15) is 0 Å². The zero-order valence-corrected chi connectivity index (χ0v) is 26.1. The molecule has 3 aromatic rings. The molecule has 7 nitrogen and oxygen atoms in total. The average Bonchev–Trinajstić information content (AvgIpc) is 3.46. The molecule has 224 valence electrons. The lowest BCUT2D eigenvalue weighted by atomic mass is 10.0. The SMILES string of the molecule is CC(C)c1ccccc1N(CC(=O)N(Cc1cccc(Cl)c1)[C@@H](Cc1ccccc1)C(=O)NC1CCCC1)S(C)(=O)=O. The van der Waals surface area contributed by atoms with Crippen LogP contribution in [0.25, 0.3) is 0 Å². The highest BCUT2D eigenvalue weighted by molar-refractivity contribution is 7.92. The predicted molar refractivity (Wildman–Crippen MR) is 169 cm³/mol. The summed E-state index contributed by atoms with van der Waals surface area (Å²) in [6.45, 7) is 3.62. The number of hydrogen-bond donors (Lipinski definition) is 1. The zero-order valence-electron chi connectivity index (χ0n) is 24.5. The molecule has 0 aromatic heterocycles. The molecule has 0 spiro atoms. The lowest BCUT2D eigenvalue weighted by Crippen LogP contribution is -2.54. The minimum Gasteiger partial charge on any atom is -0.352 e. The van der Waals surface area contributed by atoms with Gasteiger partial charge in [-0.3, -0.25) is 13.9 Å². The standard InChI is InChI=1S/C33H40ClN3O4S/c1-24(2)29-18-9-10-19-30(29)37(42(3,40)41)23-32(38)36(22-26-14-11-15-27(34)20-26)31(21-25-12-5-4-6-13-25)33(39)35-28-16-7-8-17-28/h4-6,9-15,18-20,24,28,31H,7-8,16-17,21-23H2,1-3H3,(H,35,39)/t31-/m0/s1. The molecule has 1 aliphatic carbocycles. The van der Waals surface area contributed by atoms with Crippen molar-refractivity contribution in [3.63, 3.8) is 0 Å². The first-order valence-corrected chi connectivity index (χ1v) is 16.7. The van der Waals surface area contributed by atoms with E-state index in [2.05, 4.69) is 5.32 Å². The average molecular weight is 610 g/mol. The normalized spacial score (nSPS) is 14.5. The van der Waals surface area contributed by atoms with E-state index in [0.717, 1.165) is 52.9 Å². The number of benzene rings is 3. The summed E-state index contributed by atoms with van der Waals surface area (Å²) in [6.07, 6.45) is 5.30. The van der Waals surface area contributed by atoms with Crippen LogP contribution in [0.4, 0.5) is 5.69 Å². The van der Waals surface area contributed by atoms with Crippen LogP contribution in [0.1, 0.15) is 62.1 Å². The lowest BCUT2D eigenvalue weighted by Gasteiger charge is -2.34. The van der Waals surface area contributed by atoms with Gasteiger partial charge in [0.25, 0.3) is 0 Å². The van der Waals surface area contributed by atoms with E-state index in [4.69, 9.17) is 11.6 Å². The van der Waals surface area contributed by atoms with Gasteiger partial charge in [0.2, 0.25) is 21.8 Å². The fourth-order valence-electron chi connectivity index (χ4n) is 5.55. The topological polar surface area (TPSA) is 86.8 Å². The van der Waals surface area contributed by atoms with E-state index in [1.165, 1.54) is 4.90 Å². The molecule has 0 unspecified atom stereocenters. The van der Waals surface area contributed by atoms with Crippen LogP contribution >= 0.6 is 11.6 Å². The first-order chi connectivity index (χ1) is 20.0. The Bertz CT molecular complexity index is 1470. The van der Waals surface area contributed by atoms with Crippen molar-refractivity contribution in [2.45, 2.75) is 70.5 Å². The molecule has 0 bridgehead atoms. The molecule has 4 rings (SSSR count). The van der Waals surface area contributed by atoms with E-state index >= 15 is 0 Å². The Kier molecular flexibility index (Phi) is 10.7. The van der Waals surface area contributed by atoms with Gasteiger partial charge in [-0.25, -0.2) is 8.42 Å². The number of nitrogens with one attached hydrogen (secondary N) is 1. The summed E-state index contributed by atoms with van der Waals surface area (Å²) in [5, 5.41) is 3.69. The van der Waals surface area contributed by atoms with Crippen LogP contribution in [0.3, 0.4) is 0 Å². The van der Waals surface area contributed by atoms with Crippen LogP contribution in [0.2, 0.25) is 5.02 Å². The number of para-hydroxylation sites is 1. The van der Waals surface area contributed by atoms with E-state index in [9.17, 15) is 18.0 Å². The van der Waals surface area contributed by atoms with Crippen molar-refractivity contribution >= 4 is 39.1 Å². The lowest BCUT2D eigenvalue weighted by molar-refractivity contribution is -0.140. The number of rotatable bonds is 12. The van der Waals surface area contributed by atoms with Crippen molar-refractivity contribution in [2.24, 2.45) is 0 Å². The van der Waals surface area contributed by atoms with E-state index in [0.29, 0.717) is 10.7 Å². The summed E-state index contributed by atoms with van der Waals surface area (Å²) in [4.78, 5) is 29.8. The van der Waals surface area contributed by atoms with Crippen LogP contribution in [0.15, 0.2) is 78.9 Å². The Morgan fingerprint density at radius 2 is 1.57 bits per heavy atom. The summed E-state index contributed by atoms with van der Waals surface area (Å²) < 4.78 is 27.5. The van der Waals surface area contributed by atoms with Crippen LogP contribution < -0.4 is 9.62 Å². The third kappa shape index (κ3) is 8.35. The van der Waals surface area contributed by atoms with Crippen LogP contribution in [-0.2, 0) is 32.6 Å². The molecule has 1 saturated carbocycles. The molecule has 9 heteroatoms. The van der Waals surface area contributed by atoms with Crippen LogP contribution in [0, 0.1) is 0 Å². The molecule has 1 atom stereocenters. The second kappa shape index (κ2) is 14.2. The summed E-state index contributed by atoms with van der Waals surface area (Å²) >= 11 is 6.29. The van der Waals surface area contributed by atoms with E-state index in [-0.39, 0.29) is 30.8 Å². The Morgan fingerprint density at radius 3 is 2.21 bits per heavy atom. The van der Waals surface area contributed by atoms with Crippen molar-refractivity contribution in [1.82, 2.24) is 10.2 Å². The summed E-state index contributed by atoms with van der Waals surface area (Å²) in [5.74, 6) is -0.679. The molecule has 2 amide bonds. The molecule has 42 heavy (non-hydrogen) atoms. The third-order valence-electron chi connectivity index (χ3n) is 7.72. The molecule has 0 aliphatic heterocycles. The molecular weight excluding hydrogens is 570 g/mol. The molecule has 0 saturated heterocycles. The van der Waals surface area contributed by atoms with Crippen molar-refractivity contribution < 1.29 is 18.0 Å². The zero-order chi connectivity index (χ0) is 30.3. The third-order valence-corrected chi connectivity index (χ3v) is 9.08. The molecule has 1 fully saturated rings. The van der Waals surface area contributed by atoms with Crippen molar-refractivity contribution in [1.29, 1.82) is 0 Å². The van der Waals surface area contributed by atoms with Gasteiger partial charge in [0.05, 0.1) is 11.9 Å². The van der Waals surface area contributed by atoms with Gasteiger partial charge in [0, 0.05) is 24.0 Å². The largest absolute Gasteiger partial charge is 0.352 e. The number of carbonyl (C=O) groups excluding carboxylic acids is 2. The second-order valence-electron chi connectivity index (χ2n) is 11.3. The van der Waals surface area contributed by atoms with Crippen molar-refractivity contribution in [3.05, 3.63) is 101 Å². The Labute approximate surface area is 254 Å². The van der Waals surface area contributed by atoms with Gasteiger partial charge >= 0.3 is 0 Å². The van der Waals surface area contributed by atoms with E-state index < -0.39 is 28.5 Å². The van der Waals surface area contributed by atoms with Gasteiger partial charge < -0.3 is 10.2 Å². The summed E-state index contributed by atoms with van der Waals surface area (Å²) in [5.41, 5.74) is 2.92. The van der Waals surface area contributed by atoms with Crippen LogP contribution in [0.5, 0.6) is 0 Å². The van der Waals surface area contributed by atoms with E-state index in [1.54, 1.807) is 30.3 Å². The van der Waals surface area contributed by atoms with Crippen molar-refractivity contribution in [3.8, 4) is 0 Å². The van der Waals surface area contributed by atoms with Gasteiger partial charge in [0.1, 0.15) is 12.6 Å². The maximum Gasteiger partial charge on any atom is 0.244 e. The highest BCUT2D eigenvalue weighted by Crippen LogP contribution is 2.29. The smallest absolute Gasteiger partial charge is 0.244 e. The first-order valence-electron chi connectivity index (χ1n) is 14.5. The van der Waals surface area contributed by atoms with Gasteiger partial charge in [-0.1, -0.05) is 99.0 Å². The Morgan fingerprint density at radius 1 is 0.929 bits per heavy atom. The minimum absolute atomic E-state index is 0.0335. The molecule has 0 heterocycles. The van der Waals surface area contributed by atoms with Gasteiger partial charge in [-0.05, 0) is 53.6 Å². The Balaban J connectivity index is 1.75.